The van der Waals surface area contributed by atoms with E-state index in [1.165, 1.54) is 11.2 Å². The van der Waals surface area contributed by atoms with Crippen molar-refractivity contribution in [2.75, 3.05) is 24.3 Å². The van der Waals surface area contributed by atoms with Gasteiger partial charge in [0.05, 0.1) is 13.2 Å². The van der Waals surface area contributed by atoms with Gasteiger partial charge in [0.1, 0.15) is 12.0 Å². The van der Waals surface area contributed by atoms with Gasteiger partial charge in [-0.15, -0.1) is 11.3 Å². The number of hydrogen-bond donors (Lipinski definition) is 1. The zero-order chi connectivity index (χ0) is 13.7. The van der Waals surface area contributed by atoms with E-state index >= 15 is 0 Å². The van der Waals surface area contributed by atoms with E-state index < -0.39 is 0 Å². The summed E-state index contributed by atoms with van der Waals surface area (Å²) < 4.78 is 5.51. The second-order valence-electron chi connectivity index (χ2n) is 4.20. The molecule has 0 amide bonds. The molecule has 0 aliphatic carbocycles. The summed E-state index contributed by atoms with van der Waals surface area (Å²) in [6.45, 7) is 3.42. The molecule has 102 valence electrons. The summed E-state index contributed by atoms with van der Waals surface area (Å²) in [5, 5.41) is 2.06. The maximum absolute atomic E-state index is 6.07. The lowest BCUT2D eigenvalue weighted by molar-refractivity contribution is 0.306. The van der Waals surface area contributed by atoms with Crippen molar-refractivity contribution in [3.63, 3.8) is 0 Å². The molecule has 0 unspecified atom stereocenters. The first-order chi connectivity index (χ1) is 9.22. The molecule has 0 bridgehead atoms. The SMILES string of the molecule is CCCOc1ncnc(N(C)Cc2cccs2)c1N. The molecule has 0 aliphatic heterocycles. The molecule has 6 heteroatoms. The number of hydrogen-bond acceptors (Lipinski definition) is 6. The van der Waals surface area contributed by atoms with Crippen LogP contribution in [-0.4, -0.2) is 23.6 Å². The van der Waals surface area contributed by atoms with Crippen LogP contribution in [-0.2, 0) is 6.54 Å². The van der Waals surface area contributed by atoms with Crippen LogP contribution in [0.15, 0.2) is 23.8 Å². The molecule has 19 heavy (non-hydrogen) atoms. The lowest BCUT2D eigenvalue weighted by Crippen LogP contribution is -2.19. The third-order valence-corrected chi connectivity index (χ3v) is 3.47. The van der Waals surface area contributed by atoms with Gasteiger partial charge in [-0.05, 0) is 17.9 Å². The number of nitrogens with two attached hydrogens (primary N) is 1. The van der Waals surface area contributed by atoms with Crippen LogP contribution in [0.4, 0.5) is 11.5 Å². The first kappa shape index (κ1) is 13.6. The maximum atomic E-state index is 6.07. The van der Waals surface area contributed by atoms with Gasteiger partial charge < -0.3 is 15.4 Å². The molecule has 0 saturated heterocycles. The van der Waals surface area contributed by atoms with Crippen molar-refractivity contribution >= 4 is 22.8 Å². The molecule has 2 N–H and O–H groups in total. The fraction of sp³-hybridized carbons (Fsp3) is 0.385. The van der Waals surface area contributed by atoms with Crippen molar-refractivity contribution < 1.29 is 4.74 Å². The molecule has 0 spiro atoms. The van der Waals surface area contributed by atoms with Crippen molar-refractivity contribution in [3.05, 3.63) is 28.7 Å². The fourth-order valence-electron chi connectivity index (χ4n) is 1.70. The summed E-state index contributed by atoms with van der Waals surface area (Å²) in [5.74, 6) is 1.17. The average Bonchev–Trinajstić information content (AvgIpc) is 2.90. The third-order valence-electron chi connectivity index (χ3n) is 2.60. The minimum atomic E-state index is 0.463. The predicted molar refractivity (Wildman–Crippen MR) is 78.7 cm³/mol. The largest absolute Gasteiger partial charge is 0.476 e. The van der Waals surface area contributed by atoms with Crippen LogP contribution >= 0.6 is 11.3 Å². The minimum Gasteiger partial charge on any atom is -0.476 e. The van der Waals surface area contributed by atoms with Crippen LogP contribution in [0.1, 0.15) is 18.2 Å². The number of ether oxygens (including phenoxy) is 1. The van der Waals surface area contributed by atoms with Gasteiger partial charge in [-0.3, -0.25) is 0 Å². The second kappa shape index (κ2) is 6.38. The van der Waals surface area contributed by atoms with Crippen LogP contribution in [0.3, 0.4) is 0 Å². The molecule has 0 saturated carbocycles. The molecular formula is C13H18N4OS. The molecule has 2 aromatic heterocycles. The Morgan fingerprint density at radius 3 is 2.95 bits per heavy atom. The van der Waals surface area contributed by atoms with Crippen molar-refractivity contribution in [3.8, 4) is 5.88 Å². The van der Waals surface area contributed by atoms with E-state index in [0.29, 0.717) is 24.0 Å². The second-order valence-corrected chi connectivity index (χ2v) is 5.23. The van der Waals surface area contributed by atoms with E-state index in [9.17, 15) is 0 Å². The zero-order valence-electron chi connectivity index (χ0n) is 11.2. The summed E-state index contributed by atoms with van der Waals surface area (Å²) in [7, 11) is 1.96. The Kier molecular flexibility index (Phi) is 4.57. The van der Waals surface area contributed by atoms with Crippen molar-refractivity contribution in [1.29, 1.82) is 0 Å². The van der Waals surface area contributed by atoms with Crippen LogP contribution in [0, 0.1) is 0 Å². The minimum absolute atomic E-state index is 0.463. The van der Waals surface area contributed by atoms with E-state index in [0.717, 1.165) is 13.0 Å². The lowest BCUT2D eigenvalue weighted by atomic mass is 10.4. The molecule has 0 fully saturated rings. The van der Waals surface area contributed by atoms with Gasteiger partial charge in [-0.2, -0.15) is 4.98 Å². The van der Waals surface area contributed by atoms with Gasteiger partial charge in [0.15, 0.2) is 5.82 Å². The fourth-order valence-corrected chi connectivity index (χ4v) is 2.46. The number of nitrogens with zero attached hydrogens (tertiary/aromatic N) is 3. The highest BCUT2D eigenvalue weighted by Crippen LogP contribution is 2.28. The Hall–Kier alpha value is -1.82. The monoisotopic (exact) mass is 278 g/mol. The highest BCUT2D eigenvalue weighted by atomic mass is 32.1. The predicted octanol–water partition coefficient (Wildman–Crippen LogP) is 2.55. The number of thiophene rings is 1. The summed E-state index contributed by atoms with van der Waals surface area (Å²) in [6, 6.07) is 4.13. The van der Waals surface area contributed by atoms with Gasteiger partial charge in [0.25, 0.3) is 0 Å². The Morgan fingerprint density at radius 1 is 1.42 bits per heavy atom. The maximum Gasteiger partial charge on any atom is 0.242 e. The molecule has 2 rings (SSSR count). The number of nitrogen functional groups attached to an aromatic ring is 1. The molecule has 5 nitrogen and oxygen atoms in total. The molecule has 0 radical (unpaired) electrons. The van der Waals surface area contributed by atoms with E-state index in [1.54, 1.807) is 11.3 Å². The van der Waals surface area contributed by atoms with Crippen molar-refractivity contribution in [2.24, 2.45) is 0 Å². The van der Waals surface area contributed by atoms with E-state index in [-0.39, 0.29) is 0 Å². The highest BCUT2D eigenvalue weighted by Gasteiger charge is 2.13. The first-order valence-electron chi connectivity index (χ1n) is 6.19. The summed E-state index contributed by atoms with van der Waals surface area (Å²) >= 11 is 1.71. The van der Waals surface area contributed by atoms with Crippen LogP contribution in [0.25, 0.3) is 0 Å². The van der Waals surface area contributed by atoms with E-state index in [4.69, 9.17) is 10.5 Å². The number of aromatic nitrogens is 2. The highest BCUT2D eigenvalue weighted by molar-refractivity contribution is 7.09. The molecular weight excluding hydrogens is 260 g/mol. The molecule has 0 aliphatic rings. The van der Waals surface area contributed by atoms with Gasteiger partial charge >= 0.3 is 0 Å². The van der Waals surface area contributed by atoms with Gasteiger partial charge in [-0.1, -0.05) is 13.0 Å². The molecule has 2 heterocycles. The lowest BCUT2D eigenvalue weighted by Gasteiger charge is -2.19. The smallest absolute Gasteiger partial charge is 0.242 e. The molecule has 0 atom stereocenters. The van der Waals surface area contributed by atoms with E-state index in [1.807, 2.05) is 24.9 Å². The Labute approximate surface area is 117 Å². The normalized spacial score (nSPS) is 10.4. The number of anilines is 2. The van der Waals surface area contributed by atoms with Crippen LogP contribution < -0.4 is 15.4 Å². The van der Waals surface area contributed by atoms with E-state index in [2.05, 4.69) is 21.4 Å². The van der Waals surface area contributed by atoms with Crippen LogP contribution in [0.5, 0.6) is 5.88 Å². The topological polar surface area (TPSA) is 64.3 Å². The van der Waals surface area contributed by atoms with Gasteiger partial charge in [0.2, 0.25) is 5.88 Å². The van der Waals surface area contributed by atoms with Crippen LogP contribution in [0.2, 0.25) is 0 Å². The van der Waals surface area contributed by atoms with Crippen molar-refractivity contribution in [2.45, 2.75) is 19.9 Å². The summed E-state index contributed by atoms with van der Waals surface area (Å²) in [5.41, 5.74) is 6.56. The quantitative estimate of drug-likeness (QED) is 0.879. The average molecular weight is 278 g/mol. The van der Waals surface area contributed by atoms with Crippen molar-refractivity contribution in [1.82, 2.24) is 9.97 Å². The summed E-state index contributed by atoms with van der Waals surface area (Å²) in [6.07, 6.45) is 2.41. The Bertz CT molecular complexity index is 515. The third kappa shape index (κ3) is 3.35. The number of rotatable bonds is 6. The summed E-state index contributed by atoms with van der Waals surface area (Å²) in [4.78, 5) is 11.6. The standard InChI is InChI=1S/C13H18N4OS/c1-3-6-18-13-11(14)12(15-9-16-13)17(2)8-10-5-4-7-19-10/h4-5,7,9H,3,6,8,14H2,1-2H3. The first-order valence-corrected chi connectivity index (χ1v) is 7.07. The van der Waals surface area contributed by atoms with Gasteiger partial charge in [-0.25, -0.2) is 4.98 Å². The zero-order valence-corrected chi connectivity index (χ0v) is 12.0. The van der Waals surface area contributed by atoms with Gasteiger partial charge in [0, 0.05) is 11.9 Å². The Balaban J connectivity index is 2.14. The molecule has 2 aromatic rings. The Morgan fingerprint density at radius 2 is 2.26 bits per heavy atom. The molecule has 0 aromatic carbocycles.